The number of primary amides is 1. The largest absolute Gasteiger partial charge is 0.484 e. The van der Waals surface area contributed by atoms with Crippen LogP contribution in [0.25, 0.3) is 0 Å². The molecule has 0 saturated carbocycles. The summed E-state index contributed by atoms with van der Waals surface area (Å²) in [5.41, 5.74) is 5.52. The van der Waals surface area contributed by atoms with Crippen LogP contribution in [-0.4, -0.2) is 38.2 Å². The van der Waals surface area contributed by atoms with Crippen molar-refractivity contribution in [2.24, 2.45) is 11.7 Å². The van der Waals surface area contributed by atoms with E-state index in [1.54, 1.807) is 18.2 Å². The molecule has 0 heterocycles. The van der Waals surface area contributed by atoms with E-state index in [-0.39, 0.29) is 12.5 Å². The number of benzene rings is 1. The smallest absolute Gasteiger partial charge is 0.258 e. The topological polar surface area (TPSA) is 90.7 Å². The molecule has 3 N–H and O–H groups in total. The van der Waals surface area contributed by atoms with E-state index in [1.807, 2.05) is 0 Å². The quantitative estimate of drug-likeness (QED) is 0.638. The van der Waals surface area contributed by atoms with Gasteiger partial charge in [0, 0.05) is 18.7 Å². The second-order valence-electron chi connectivity index (χ2n) is 5.33. The summed E-state index contributed by atoms with van der Waals surface area (Å²) in [6.45, 7) is 5.78. The molecule has 0 spiro atoms. The molecule has 1 aromatic rings. The van der Waals surface area contributed by atoms with Crippen LogP contribution >= 0.6 is 0 Å². The van der Waals surface area contributed by atoms with Gasteiger partial charge < -0.3 is 20.5 Å². The maximum absolute atomic E-state index is 11.6. The van der Waals surface area contributed by atoms with Crippen LogP contribution in [0, 0.1) is 5.92 Å². The van der Waals surface area contributed by atoms with Gasteiger partial charge in [0.15, 0.2) is 6.61 Å². The minimum absolute atomic E-state index is 0.117. The Labute approximate surface area is 131 Å². The molecule has 1 rings (SSSR count). The molecule has 0 aromatic heterocycles. The minimum atomic E-state index is -0.534. The number of ether oxygens (including phenoxy) is 2. The van der Waals surface area contributed by atoms with Gasteiger partial charge in [-0.2, -0.15) is 0 Å². The third-order valence-corrected chi connectivity index (χ3v) is 2.90. The fraction of sp³-hybridized carbons (Fsp3) is 0.500. The van der Waals surface area contributed by atoms with Gasteiger partial charge in [0.25, 0.3) is 5.91 Å². The Kier molecular flexibility index (Phi) is 7.99. The predicted octanol–water partition coefficient (Wildman–Crippen LogP) is 1.34. The molecule has 6 heteroatoms. The van der Waals surface area contributed by atoms with Crippen molar-refractivity contribution >= 4 is 11.8 Å². The van der Waals surface area contributed by atoms with Gasteiger partial charge in [-0.1, -0.05) is 19.9 Å². The molecule has 6 nitrogen and oxygen atoms in total. The summed E-state index contributed by atoms with van der Waals surface area (Å²) in [6.07, 6.45) is 1.01. The molecule has 0 aliphatic heterocycles. The van der Waals surface area contributed by atoms with Crippen molar-refractivity contribution in [3.63, 3.8) is 0 Å². The van der Waals surface area contributed by atoms with Gasteiger partial charge in [-0.3, -0.25) is 9.59 Å². The standard InChI is InChI=1S/C16H24N2O4/c1-12(2)6-8-21-9-7-18-15(19)11-22-14-5-3-4-13(10-14)16(17)20/h3-5,10,12H,6-9,11H2,1-2H3,(H2,17,20)(H,18,19). The van der Waals surface area contributed by atoms with Crippen LogP contribution in [-0.2, 0) is 9.53 Å². The van der Waals surface area contributed by atoms with E-state index in [0.29, 0.717) is 37.0 Å². The van der Waals surface area contributed by atoms with Crippen molar-refractivity contribution in [2.75, 3.05) is 26.4 Å². The molecule has 0 bridgehead atoms. The number of hydrogen-bond donors (Lipinski definition) is 2. The number of carbonyl (C=O) groups is 2. The van der Waals surface area contributed by atoms with Gasteiger partial charge in [-0.15, -0.1) is 0 Å². The van der Waals surface area contributed by atoms with Crippen molar-refractivity contribution in [3.05, 3.63) is 29.8 Å². The van der Waals surface area contributed by atoms with Gasteiger partial charge >= 0.3 is 0 Å². The Morgan fingerprint density at radius 1 is 1.27 bits per heavy atom. The molecule has 0 saturated heterocycles. The highest BCUT2D eigenvalue weighted by Gasteiger charge is 2.05. The van der Waals surface area contributed by atoms with Crippen LogP contribution in [0.1, 0.15) is 30.6 Å². The number of carbonyl (C=O) groups excluding carboxylic acids is 2. The lowest BCUT2D eigenvalue weighted by Crippen LogP contribution is -2.31. The maximum atomic E-state index is 11.6. The Morgan fingerprint density at radius 3 is 2.73 bits per heavy atom. The fourth-order valence-corrected chi connectivity index (χ4v) is 1.62. The fourth-order valence-electron chi connectivity index (χ4n) is 1.62. The normalized spacial score (nSPS) is 10.5. The molecule has 1 aromatic carbocycles. The van der Waals surface area contributed by atoms with Gasteiger partial charge in [-0.25, -0.2) is 0 Å². The molecule has 0 aliphatic rings. The first-order chi connectivity index (χ1) is 10.5. The molecular formula is C16H24N2O4. The Bertz CT molecular complexity index is 489. The average molecular weight is 308 g/mol. The summed E-state index contributed by atoms with van der Waals surface area (Å²) >= 11 is 0. The molecule has 0 fully saturated rings. The van der Waals surface area contributed by atoms with Crippen LogP contribution in [0.3, 0.4) is 0 Å². The summed E-state index contributed by atoms with van der Waals surface area (Å²) in [5.74, 6) is 0.268. The molecule has 2 amide bonds. The third kappa shape index (κ3) is 7.64. The summed E-state index contributed by atoms with van der Waals surface area (Å²) < 4.78 is 10.7. The molecule has 0 radical (unpaired) electrons. The molecular weight excluding hydrogens is 284 g/mol. The van der Waals surface area contributed by atoms with Gasteiger partial charge in [0.2, 0.25) is 5.91 Å². The van der Waals surface area contributed by atoms with E-state index < -0.39 is 5.91 Å². The van der Waals surface area contributed by atoms with E-state index in [4.69, 9.17) is 15.2 Å². The number of nitrogens with two attached hydrogens (primary N) is 1. The highest BCUT2D eigenvalue weighted by molar-refractivity contribution is 5.93. The molecule has 22 heavy (non-hydrogen) atoms. The van der Waals surface area contributed by atoms with Crippen molar-refractivity contribution in [3.8, 4) is 5.75 Å². The number of rotatable bonds is 10. The number of nitrogens with one attached hydrogen (secondary N) is 1. The van der Waals surface area contributed by atoms with Crippen molar-refractivity contribution in [2.45, 2.75) is 20.3 Å². The van der Waals surface area contributed by atoms with Crippen LogP contribution in [0.2, 0.25) is 0 Å². The highest BCUT2D eigenvalue weighted by atomic mass is 16.5. The van der Waals surface area contributed by atoms with E-state index >= 15 is 0 Å². The van der Waals surface area contributed by atoms with E-state index in [0.717, 1.165) is 6.42 Å². The van der Waals surface area contributed by atoms with E-state index in [9.17, 15) is 9.59 Å². The van der Waals surface area contributed by atoms with E-state index in [2.05, 4.69) is 19.2 Å². The Balaban J connectivity index is 2.18. The summed E-state index contributed by atoms with van der Waals surface area (Å²) in [7, 11) is 0. The zero-order valence-corrected chi connectivity index (χ0v) is 13.1. The molecule has 0 atom stereocenters. The zero-order chi connectivity index (χ0) is 16.4. The summed E-state index contributed by atoms with van der Waals surface area (Å²) in [5, 5.41) is 2.70. The Morgan fingerprint density at radius 2 is 2.05 bits per heavy atom. The van der Waals surface area contributed by atoms with Crippen molar-refractivity contribution in [1.82, 2.24) is 5.32 Å². The Hall–Kier alpha value is -2.08. The van der Waals surface area contributed by atoms with Gasteiger partial charge in [-0.05, 0) is 30.5 Å². The summed E-state index contributed by atoms with van der Waals surface area (Å²) in [4.78, 5) is 22.6. The monoisotopic (exact) mass is 308 g/mol. The van der Waals surface area contributed by atoms with E-state index in [1.165, 1.54) is 6.07 Å². The lowest BCUT2D eigenvalue weighted by Gasteiger charge is -2.09. The van der Waals surface area contributed by atoms with Gasteiger partial charge in [0.1, 0.15) is 5.75 Å². The van der Waals surface area contributed by atoms with Crippen LogP contribution < -0.4 is 15.8 Å². The molecule has 122 valence electrons. The molecule has 0 unspecified atom stereocenters. The third-order valence-electron chi connectivity index (χ3n) is 2.90. The van der Waals surface area contributed by atoms with Crippen molar-refractivity contribution in [1.29, 1.82) is 0 Å². The van der Waals surface area contributed by atoms with Crippen molar-refractivity contribution < 1.29 is 19.1 Å². The van der Waals surface area contributed by atoms with Crippen LogP contribution in [0.4, 0.5) is 0 Å². The first-order valence-electron chi connectivity index (χ1n) is 7.36. The zero-order valence-electron chi connectivity index (χ0n) is 13.1. The second kappa shape index (κ2) is 9.78. The SMILES string of the molecule is CC(C)CCOCCNC(=O)COc1cccc(C(N)=O)c1. The predicted molar refractivity (Wildman–Crippen MR) is 83.7 cm³/mol. The lowest BCUT2D eigenvalue weighted by molar-refractivity contribution is -0.123. The average Bonchev–Trinajstić information content (AvgIpc) is 2.48. The summed E-state index contributed by atoms with van der Waals surface area (Å²) in [6, 6.07) is 6.40. The van der Waals surface area contributed by atoms with Gasteiger partial charge in [0.05, 0.1) is 6.61 Å². The second-order valence-corrected chi connectivity index (χ2v) is 5.33. The molecule has 0 aliphatic carbocycles. The lowest BCUT2D eigenvalue weighted by atomic mass is 10.1. The first kappa shape index (κ1) is 18.0. The maximum Gasteiger partial charge on any atom is 0.258 e. The number of hydrogen-bond acceptors (Lipinski definition) is 4. The minimum Gasteiger partial charge on any atom is -0.484 e. The first-order valence-corrected chi connectivity index (χ1v) is 7.36. The number of amides is 2. The van der Waals surface area contributed by atoms with Crippen LogP contribution in [0.5, 0.6) is 5.75 Å². The van der Waals surface area contributed by atoms with Crippen LogP contribution in [0.15, 0.2) is 24.3 Å². The highest BCUT2D eigenvalue weighted by Crippen LogP contribution is 2.12.